The average molecular weight is 392 g/mol. The first-order valence-electron chi connectivity index (χ1n) is 9.03. The fraction of sp³-hybridized carbons (Fsp3) is 0.381. The molecule has 2 aromatic carbocycles. The van der Waals surface area contributed by atoms with Gasteiger partial charge in [-0.25, -0.2) is 5.84 Å². The molecule has 0 bridgehead atoms. The summed E-state index contributed by atoms with van der Waals surface area (Å²) in [4.78, 5) is 10.5. The second kappa shape index (κ2) is 14.9. The highest BCUT2D eigenvalue weighted by molar-refractivity contribution is 7.98. The number of hydrogen-bond acceptors (Lipinski definition) is 5. The van der Waals surface area contributed by atoms with E-state index in [1.807, 2.05) is 32.7 Å². The Balaban J connectivity index is 0.000000838. The second-order valence-corrected chi connectivity index (χ2v) is 6.32. The van der Waals surface area contributed by atoms with Crippen LogP contribution in [-0.2, 0) is 17.0 Å². The fourth-order valence-corrected chi connectivity index (χ4v) is 3.19. The lowest BCUT2D eigenvalue weighted by molar-refractivity contribution is -0.117. The van der Waals surface area contributed by atoms with Gasteiger partial charge in [-0.15, -0.1) is 11.8 Å². The Hall–Kier alpha value is -2.18. The van der Waals surface area contributed by atoms with E-state index in [2.05, 4.69) is 54.7 Å². The molecule has 2 rings (SSSR count). The van der Waals surface area contributed by atoms with Crippen LogP contribution in [0.4, 0.5) is 5.69 Å². The van der Waals surface area contributed by atoms with Crippen LogP contribution in [0.1, 0.15) is 31.9 Å². The van der Waals surface area contributed by atoms with Gasteiger partial charge in [0.15, 0.2) is 0 Å². The van der Waals surface area contributed by atoms with E-state index in [1.54, 1.807) is 7.11 Å². The first kappa shape index (κ1) is 24.8. The summed E-state index contributed by atoms with van der Waals surface area (Å²) in [5, 5.41) is 4.18. The quantitative estimate of drug-likeness (QED) is 0.238. The Bertz CT molecular complexity index is 664. The Morgan fingerprint density at radius 2 is 1.85 bits per heavy atom. The summed E-state index contributed by atoms with van der Waals surface area (Å²) in [5.74, 6) is 6.64. The van der Waals surface area contributed by atoms with E-state index in [4.69, 9.17) is 10.6 Å². The number of rotatable bonds is 7. The first-order chi connectivity index (χ1) is 13.0. The van der Waals surface area contributed by atoms with Gasteiger partial charge < -0.3 is 10.1 Å². The zero-order chi connectivity index (χ0) is 20.7. The third-order valence-electron chi connectivity index (χ3n) is 3.47. The number of para-hydroxylation sites is 1. The van der Waals surface area contributed by atoms with Gasteiger partial charge in [-0.2, -0.15) is 0 Å². The number of thioether (sulfide) groups is 1. The average Bonchev–Trinajstić information content (AvgIpc) is 2.73. The van der Waals surface area contributed by atoms with Crippen LogP contribution in [0.15, 0.2) is 47.4 Å². The minimum absolute atomic E-state index is 0.528. The van der Waals surface area contributed by atoms with Crippen molar-refractivity contribution in [3.8, 4) is 5.75 Å². The molecule has 0 unspecified atom stereocenters. The third-order valence-corrected chi connectivity index (χ3v) is 4.56. The predicted molar refractivity (Wildman–Crippen MR) is 117 cm³/mol. The maximum Gasteiger partial charge on any atom is 0.223 e. The topological polar surface area (TPSA) is 67.6 Å². The molecule has 0 atom stereocenters. The predicted octanol–water partition coefficient (Wildman–Crippen LogP) is 4.57. The van der Waals surface area contributed by atoms with Gasteiger partial charge in [0.05, 0.1) is 7.11 Å². The second-order valence-electron chi connectivity index (χ2n) is 5.31. The van der Waals surface area contributed by atoms with Crippen molar-refractivity contribution in [1.82, 2.24) is 5.01 Å². The summed E-state index contributed by atoms with van der Waals surface area (Å²) in [6.07, 6.45) is 1.57. The van der Waals surface area contributed by atoms with Crippen molar-refractivity contribution in [1.29, 1.82) is 0 Å². The molecule has 0 aliphatic carbocycles. The molecule has 0 aliphatic rings. The zero-order valence-electron chi connectivity index (χ0n) is 17.3. The lowest BCUT2D eigenvalue weighted by Crippen LogP contribution is -2.23. The van der Waals surface area contributed by atoms with E-state index in [9.17, 15) is 4.79 Å². The normalized spacial score (nSPS) is 9.15. The number of nitrogens with one attached hydrogen (secondary N) is 1. The molecule has 6 heteroatoms. The highest BCUT2D eigenvalue weighted by Crippen LogP contribution is 2.34. The van der Waals surface area contributed by atoms with Crippen molar-refractivity contribution >= 4 is 23.9 Å². The molecular formula is C21H33N3O2S. The van der Waals surface area contributed by atoms with Gasteiger partial charge in [-0.1, -0.05) is 45.0 Å². The van der Waals surface area contributed by atoms with Crippen molar-refractivity contribution in [2.45, 2.75) is 37.8 Å². The van der Waals surface area contributed by atoms with Crippen LogP contribution in [0.3, 0.4) is 0 Å². The molecule has 0 radical (unpaired) electrons. The Morgan fingerprint density at radius 3 is 2.37 bits per heavy atom. The van der Waals surface area contributed by atoms with Crippen molar-refractivity contribution in [3.05, 3.63) is 53.6 Å². The molecule has 3 N–H and O–H groups in total. The summed E-state index contributed by atoms with van der Waals surface area (Å²) >= 11 is 1.82. The highest BCUT2D eigenvalue weighted by Gasteiger charge is 2.07. The number of amides is 1. The van der Waals surface area contributed by atoms with Crippen LogP contribution < -0.4 is 15.9 Å². The maximum atomic E-state index is 9.31. The Labute approximate surface area is 168 Å². The van der Waals surface area contributed by atoms with Crippen molar-refractivity contribution < 1.29 is 9.53 Å². The standard InChI is InChI=1S/C17H21NOS.C2H6N2O.C2H6/c1-4-13-9-10-16(19-3)17(11-13)20-12-14-7-5-6-8-15(14)18-2;1-4(3)2-5;1-2/h5-11,18H,4,12H2,1-3H3;2H,3H2,1H3;1-2H3. The number of anilines is 1. The van der Waals surface area contributed by atoms with E-state index in [0.717, 1.165) is 22.9 Å². The molecule has 0 aliphatic heterocycles. The van der Waals surface area contributed by atoms with Crippen molar-refractivity contribution in [3.63, 3.8) is 0 Å². The first-order valence-corrected chi connectivity index (χ1v) is 10.0. The number of carbonyl (C=O) groups excluding carboxylic acids is 1. The summed E-state index contributed by atoms with van der Waals surface area (Å²) in [6, 6.07) is 14.8. The number of hydrazine groups is 1. The van der Waals surface area contributed by atoms with E-state index >= 15 is 0 Å². The molecule has 150 valence electrons. The van der Waals surface area contributed by atoms with E-state index in [1.165, 1.54) is 28.8 Å². The lowest BCUT2D eigenvalue weighted by Gasteiger charge is -2.12. The maximum absolute atomic E-state index is 9.31. The molecular weight excluding hydrogens is 358 g/mol. The van der Waals surface area contributed by atoms with Crippen LogP contribution in [0.25, 0.3) is 0 Å². The molecule has 0 saturated heterocycles. The summed E-state index contributed by atoms with van der Waals surface area (Å²) in [5.41, 5.74) is 3.84. The minimum atomic E-state index is 0.528. The van der Waals surface area contributed by atoms with Gasteiger partial charge >= 0.3 is 0 Å². The number of nitrogens with zero attached hydrogens (tertiary/aromatic N) is 1. The molecule has 0 fully saturated rings. The van der Waals surface area contributed by atoms with Gasteiger partial charge in [-0.3, -0.25) is 9.80 Å². The van der Waals surface area contributed by atoms with Crippen LogP contribution in [0.5, 0.6) is 5.75 Å². The van der Waals surface area contributed by atoms with Gasteiger partial charge in [0, 0.05) is 30.4 Å². The summed E-state index contributed by atoms with van der Waals surface area (Å²) in [7, 11) is 5.15. The van der Waals surface area contributed by atoms with Crippen LogP contribution in [0, 0.1) is 0 Å². The number of hydrogen-bond donors (Lipinski definition) is 2. The van der Waals surface area contributed by atoms with Crippen LogP contribution in [-0.4, -0.2) is 32.6 Å². The smallest absolute Gasteiger partial charge is 0.223 e. The van der Waals surface area contributed by atoms with E-state index < -0.39 is 0 Å². The number of carbonyl (C=O) groups is 1. The SMILES string of the molecule is CC.CCc1ccc(OC)c(SCc2ccccc2NC)c1.CN(N)C=O. The molecule has 1 amide bonds. The third kappa shape index (κ3) is 9.35. The Kier molecular flexibility index (Phi) is 13.7. The lowest BCUT2D eigenvalue weighted by atomic mass is 10.2. The number of benzene rings is 2. The van der Waals surface area contributed by atoms with Gasteiger partial charge in [-0.05, 0) is 35.7 Å². The van der Waals surface area contributed by atoms with Crippen LogP contribution in [0.2, 0.25) is 0 Å². The molecule has 0 heterocycles. The molecule has 0 spiro atoms. The molecule has 5 nitrogen and oxygen atoms in total. The number of aryl methyl sites for hydroxylation is 1. The largest absolute Gasteiger partial charge is 0.496 e. The molecule has 0 saturated carbocycles. The van der Waals surface area contributed by atoms with Gasteiger partial charge in [0.2, 0.25) is 6.41 Å². The number of ether oxygens (including phenoxy) is 1. The van der Waals surface area contributed by atoms with E-state index in [-0.39, 0.29) is 0 Å². The van der Waals surface area contributed by atoms with Crippen molar-refractivity contribution in [2.75, 3.05) is 26.5 Å². The monoisotopic (exact) mass is 391 g/mol. The zero-order valence-corrected chi connectivity index (χ0v) is 18.1. The minimum Gasteiger partial charge on any atom is -0.496 e. The van der Waals surface area contributed by atoms with Crippen molar-refractivity contribution in [2.24, 2.45) is 5.84 Å². The van der Waals surface area contributed by atoms with Gasteiger partial charge in [0.25, 0.3) is 0 Å². The highest BCUT2D eigenvalue weighted by atomic mass is 32.2. The van der Waals surface area contributed by atoms with Gasteiger partial charge in [0.1, 0.15) is 5.75 Å². The molecule has 0 aromatic heterocycles. The number of nitrogens with two attached hydrogens (primary N) is 1. The number of methoxy groups -OCH3 is 1. The Morgan fingerprint density at radius 1 is 1.22 bits per heavy atom. The van der Waals surface area contributed by atoms with Crippen LogP contribution >= 0.6 is 11.8 Å². The fourth-order valence-electron chi connectivity index (χ4n) is 2.10. The van der Waals surface area contributed by atoms with E-state index in [0.29, 0.717) is 6.41 Å². The molecule has 2 aromatic rings. The molecule has 27 heavy (non-hydrogen) atoms. The summed E-state index contributed by atoms with van der Waals surface area (Å²) < 4.78 is 5.45. The summed E-state index contributed by atoms with van der Waals surface area (Å²) in [6.45, 7) is 6.17.